The molecule has 0 aliphatic rings. The van der Waals surface area contributed by atoms with E-state index in [4.69, 9.17) is 4.52 Å². The Hall–Kier alpha value is -2.45. The van der Waals surface area contributed by atoms with Crippen LogP contribution < -0.4 is 5.32 Å². The highest BCUT2D eigenvalue weighted by molar-refractivity contribution is 7.99. The standard InChI is InChI=1S/C18H17N3O3S2/c1-11(22)13-5-7-14(8-6-13)19-18(23)12(2)26-10-16-20-17(21-24-16)15-4-3-9-25-15/h3-9,12H,10H2,1-2H3,(H,19,23). The lowest BCUT2D eigenvalue weighted by Crippen LogP contribution is -2.22. The first-order chi connectivity index (χ1) is 12.5. The number of thioether (sulfide) groups is 1. The van der Waals surface area contributed by atoms with Crippen LogP contribution in [0.1, 0.15) is 30.1 Å². The molecule has 0 fully saturated rings. The number of rotatable bonds is 7. The molecule has 2 aromatic heterocycles. The number of carbonyl (C=O) groups is 2. The van der Waals surface area contributed by atoms with Gasteiger partial charge in [-0.3, -0.25) is 9.59 Å². The Morgan fingerprint density at radius 1 is 1.27 bits per heavy atom. The van der Waals surface area contributed by atoms with Crippen molar-refractivity contribution in [2.75, 3.05) is 5.32 Å². The summed E-state index contributed by atoms with van der Waals surface area (Å²) in [5.74, 6) is 1.38. The largest absolute Gasteiger partial charge is 0.338 e. The van der Waals surface area contributed by atoms with Gasteiger partial charge in [-0.1, -0.05) is 11.2 Å². The summed E-state index contributed by atoms with van der Waals surface area (Å²) in [5.41, 5.74) is 1.27. The Labute approximate surface area is 159 Å². The van der Waals surface area contributed by atoms with Gasteiger partial charge in [0.05, 0.1) is 15.9 Å². The van der Waals surface area contributed by atoms with Gasteiger partial charge in [0.2, 0.25) is 17.6 Å². The fraction of sp³-hybridized carbons (Fsp3) is 0.222. The van der Waals surface area contributed by atoms with Crippen LogP contribution in [0, 0.1) is 0 Å². The first-order valence-electron chi connectivity index (χ1n) is 7.93. The van der Waals surface area contributed by atoms with Crippen molar-refractivity contribution in [3.05, 3.63) is 53.2 Å². The SMILES string of the molecule is CC(=O)c1ccc(NC(=O)C(C)SCc2nc(-c3cccs3)no2)cc1. The van der Waals surface area contributed by atoms with Crippen molar-refractivity contribution in [2.24, 2.45) is 0 Å². The van der Waals surface area contributed by atoms with E-state index in [9.17, 15) is 9.59 Å². The molecule has 1 atom stereocenters. The van der Waals surface area contributed by atoms with Crippen LogP contribution >= 0.6 is 23.1 Å². The number of thiophene rings is 1. The fourth-order valence-corrected chi connectivity index (χ4v) is 3.49. The van der Waals surface area contributed by atoms with Crippen molar-refractivity contribution < 1.29 is 14.1 Å². The second-order valence-corrected chi connectivity index (χ2v) is 7.84. The molecule has 1 unspecified atom stereocenters. The predicted octanol–water partition coefficient (Wildman–Crippen LogP) is 4.26. The van der Waals surface area contributed by atoms with E-state index in [1.54, 1.807) is 35.6 Å². The third-order valence-electron chi connectivity index (χ3n) is 3.59. The fourth-order valence-electron chi connectivity index (χ4n) is 2.12. The molecule has 0 saturated carbocycles. The molecule has 26 heavy (non-hydrogen) atoms. The van der Waals surface area contributed by atoms with Crippen molar-refractivity contribution in [3.8, 4) is 10.7 Å². The van der Waals surface area contributed by atoms with E-state index >= 15 is 0 Å². The molecule has 8 heteroatoms. The van der Waals surface area contributed by atoms with Crippen LogP contribution in [0.2, 0.25) is 0 Å². The summed E-state index contributed by atoms with van der Waals surface area (Å²) in [6.07, 6.45) is 0. The quantitative estimate of drug-likeness (QED) is 0.610. The number of Topliss-reactive ketones (excluding diaryl/α,β-unsaturated/α-hetero) is 1. The number of hydrogen-bond donors (Lipinski definition) is 1. The molecule has 3 rings (SSSR count). The minimum absolute atomic E-state index is 0.00623. The number of carbonyl (C=O) groups excluding carboxylic acids is 2. The molecule has 0 saturated heterocycles. The highest BCUT2D eigenvalue weighted by Crippen LogP contribution is 2.24. The van der Waals surface area contributed by atoms with Crippen LogP contribution in [0.4, 0.5) is 5.69 Å². The minimum atomic E-state index is -0.292. The van der Waals surface area contributed by atoms with E-state index in [1.165, 1.54) is 18.7 Å². The summed E-state index contributed by atoms with van der Waals surface area (Å²) >= 11 is 2.96. The Bertz CT molecular complexity index is 889. The highest BCUT2D eigenvalue weighted by Gasteiger charge is 2.16. The molecule has 2 heterocycles. The van der Waals surface area contributed by atoms with E-state index in [1.807, 2.05) is 24.4 Å². The summed E-state index contributed by atoms with van der Waals surface area (Å²) in [5, 5.41) is 8.45. The van der Waals surface area contributed by atoms with Gasteiger partial charge < -0.3 is 9.84 Å². The Kier molecular flexibility index (Phi) is 5.85. The van der Waals surface area contributed by atoms with Crippen LogP contribution in [0.5, 0.6) is 0 Å². The van der Waals surface area contributed by atoms with E-state index in [2.05, 4.69) is 15.5 Å². The topological polar surface area (TPSA) is 85.1 Å². The van der Waals surface area contributed by atoms with Gasteiger partial charge in [-0.15, -0.1) is 23.1 Å². The number of aromatic nitrogens is 2. The number of hydrogen-bond acceptors (Lipinski definition) is 7. The van der Waals surface area contributed by atoms with Crippen molar-refractivity contribution >= 4 is 40.5 Å². The first kappa shape index (κ1) is 18.3. The molecule has 1 aromatic carbocycles. The molecule has 0 bridgehead atoms. The lowest BCUT2D eigenvalue weighted by molar-refractivity contribution is -0.115. The zero-order chi connectivity index (χ0) is 18.5. The first-order valence-corrected chi connectivity index (χ1v) is 9.85. The maximum absolute atomic E-state index is 12.3. The van der Waals surface area contributed by atoms with Crippen molar-refractivity contribution in [1.82, 2.24) is 10.1 Å². The van der Waals surface area contributed by atoms with Crippen molar-refractivity contribution in [1.29, 1.82) is 0 Å². The molecule has 1 N–H and O–H groups in total. The summed E-state index contributed by atoms with van der Waals surface area (Å²) in [4.78, 5) is 28.8. The van der Waals surface area contributed by atoms with Gasteiger partial charge in [-0.2, -0.15) is 4.98 Å². The van der Waals surface area contributed by atoms with Gasteiger partial charge in [-0.05, 0) is 49.6 Å². The average molecular weight is 387 g/mol. The van der Waals surface area contributed by atoms with E-state index in [0.29, 0.717) is 28.7 Å². The zero-order valence-electron chi connectivity index (χ0n) is 14.3. The van der Waals surface area contributed by atoms with Crippen LogP contribution in [0.3, 0.4) is 0 Å². The lowest BCUT2D eigenvalue weighted by Gasteiger charge is -2.11. The van der Waals surface area contributed by atoms with Gasteiger partial charge in [0.1, 0.15) is 0 Å². The number of anilines is 1. The summed E-state index contributed by atoms with van der Waals surface area (Å²) in [6, 6.07) is 10.7. The van der Waals surface area contributed by atoms with Crippen LogP contribution in [0.25, 0.3) is 10.7 Å². The normalized spacial score (nSPS) is 11.9. The van der Waals surface area contributed by atoms with E-state index < -0.39 is 0 Å². The smallest absolute Gasteiger partial charge is 0.237 e. The highest BCUT2D eigenvalue weighted by atomic mass is 32.2. The summed E-state index contributed by atoms with van der Waals surface area (Å²) in [6.45, 7) is 3.33. The minimum Gasteiger partial charge on any atom is -0.338 e. The molecule has 134 valence electrons. The molecular weight excluding hydrogens is 370 g/mol. The number of amides is 1. The van der Waals surface area contributed by atoms with Gasteiger partial charge in [0, 0.05) is 11.3 Å². The van der Waals surface area contributed by atoms with Crippen molar-refractivity contribution in [2.45, 2.75) is 24.9 Å². The van der Waals surface area contributed by atoms with E-state index in [-0.39, 0.29) is 16.9 Å². The van der Waals surface area contributed by atoms with Crippen LogP contribution in [0.15, 0.2) is 46.3 Å². The molecule has 0 aliphatic carbocycles. The van der Waals surface area contributed by atoms with E-state index in [0.717, 1.165) is 4.88 Å². The number of benzene rings is 1. The molecule has 6 nitrogen and oxygen atoms in total. The number of nitrogens with one attached hydrogen (secondary N) is 1. The number of ketones is 1. The third-order valence-corrected chi connectivity index (χ3v) is 5.59. The zero-order valence-corrected chi connectivity index (χ0v) is 15.9. The van der Waals surface area contributed by atoms with Gasteiger partial charge >= 0.3 is 0 Å². The maximum Gasteiger partial charge on any atom is 0.237 e. The van der Waals surface area contributed by atoms with Crippen LogP contribution in [-0.4, -0.2) is 27.1 Å². The van der Waals surface area contributed by atoms with Crippen LogP contribution in [-0.2, 0) is 10.5 Å². The second kappa shape index (κ2) is 8.29. The Balaban J connectivity index is 1.52. The molecular formula is C18H17N3O3S2. The second-order valence-electron chi connectivity index (χ2n) is 5.57. The van der Waals surface area contributed by atoms with Gasteiger partial charge in [0.25, 0.3) is 0 Å². The maximum atomic E-state index is 12.3. The molecule has 0 radical (unpaired) electrons. The van der Waals surface area contributed by atoms with Gasteiger partial charge in [0.15, 0.2) is 5.78 Å². The van der Waals surface area contributed by atoms with Crippen molar-refractivity contribution in [3.63, 3.8) is 0 Å². The molecule has 0 spiro atoms. The lowest BCUT2D eigenvalue weighted by atomic mass is 10.1. The Morgan fingerprint density at radius 2 is 2.04 bits per heavy atom. The van der Waals surface area contributed by atoms with Gasteiger partial charge in [-0.25, -0.2) is 0 Å². The average Bonchev–Trinajstić information content (AvgIpc) is 3.31. The monoisotopic (exact) mass is 387 g/mol. The Morgan fingerprint density at radius 3 is 2.69 bits per heavy atom. The molecule has 0 aliphatic heterocycles. The predicted molar refractivity (Wildman–Crippen MR) is 103 cm³/mol. The summed E-state index contributed by atoms with van der Waals surface area (Å²) in [7, 11) is 0. The summed E-state index contributed by atoms with van der Waals surface area (Å²) < 4.78 is 5.23. The molecule has 3 aromatic rings. The third kappa shape index (κ3) is 4.59. The number of nitrogens with zero attached hydrogens (tertiary/aromatic N) is 2. The molecule has 1 amide bonds.